The fraction of sp³-hybridized carbons (Fsp3) is 0.545. The van der Waals surface area contributed by atoms with Crippen LogP contribution >= 0.6 is 0 Å². The topological polar surface area (TPSA) is 99.9 Å². The number of likely N-dealkylation sites (tertiary alicyclic amines) is 1. The Balaban J connectivity index is 1.72. The number of rotatable bonds is 2. The SMILES string of the molecule is CC(C)OC(=O)N1C[C@@]2(C)O[C@@](C)(C1)[C@@H]1C(=O)N(c3ccc(C#N)c(C(F)(F)F)c3)C(=O)[C@@H]12. The van der Waals surface area contributed by atoms with E-state index < -0.39 is 58.2 Å². The van der Waals surface area contributed by atoms with Gasteiger partial charge in [0.1, 0.15) is 0 Å². The fourth-order valence-corrected chi connectivity index (χ4v) is 5.30. The number of halogens is 3. The van der Waals surface area contributed by atoms with E-state index in [0.717, 1.165) is 17.0 Å². The Morgan fingerprint density at radius 2 is 1.73 bits per heavy atom. The van der Waals surface area contributed by atoms with Gasteiger partial charge in [-0.3, -0.25) is 9.59 Å². The van der Waals surface area contributed by atoms with E-state index in [-0.39, 0.29) is 24.9 Å². The maximum Gasteiger partial charge on any atom is 0.417 e. The Bertz CT molecular complexity index is 1060. The van der Waals surface area contributed by atoms with Gasteiger partial charge in [-0.25, -0.2) is 9.69 Å². The fourth-order valence-electron chi connectivity index (χ4n) is 5.30. The second-order valence-corrected chi connectivity index (χ2v) is 9.32. The molecule has 3 fully saturated rings. The van der Waals surface area contributed by atoms with Crippen LogP contribution in [0.5, 0.6) is 0 Å². The van der Waals surface area contributed by atoms with Crippen LogP contribution in [-0.2, 0) is 25.2 Å². The number of ether oxygens (including phenoxy) is 2. The van der Waals surface area contributed by atoms with Crippen molar-refractivity contribution >= 4 is 23.6 Å². The van der Waals surface area contributed by atoms with Crippen molar-refractivity contribution in [3.8, 4) is 6.07 Å². The van der Waals surface area contributed by atoms with Crippen LogP contribution in [0, 0.1) is 23.2 Å². The molecule has 3 aliphatic heterocycles. The third-order valence-electron chi connectivity index (χ3n) is 6.38. The largest absolute Gasteiger partial charge is 0.447 e. The Morgan fingerprint density at radius 1 is 1.18 bits per heavy atom. The number of alkyl halides is 3. The van der Waals surface area contributed by atoms with Gasteiger partial charge in [0.05, 0.1) is 65.1 Å². The van der Waals surface area contributed by atoms with Crippen molar-refractivity contribution in [3.05, 3.63) is 29.3 Å². The minimum Gasteiger partial charge on any atom is -0.447 e. The Hall–Kier alpha value is -3.13. The minimum atomic E-state index is -4.84. The summed E-state index contributed by atoms with van der Waals surface area (Å²) in [6, 6.07) is 4.21. The Morgan fingerprint density at radius 3 is 2.18 bits per heavy atom. The smallest absolute Gasteiger partial charge is 0.417 e. The zero-order chi connectivity index (χ0) is 24.5. The van der Waals surface area contributed by atoms with Crippen LogP contribution in [0.25, 0.3) is 0 Å². The number of nitriles is 1. The zero-order valence-electron chi connectivity index (χ0n) is 18.4. The van der Waals surface area contributed by atoms with Crippen molar-refractivity contribution < 1.29 is 37.0 Å². The molecule has 176 valence electrons. The maximum absolute atomic E-state index is 13.4. The van der Waals surface area contributed by atoms with Crippen LogP contribution in [0.3, 0.4) is 0 Å². The molecule has 33 heavy (non-hydrogen) atoms. The van der Waals surface area contributed by atoms with Gasteiger partial charge in [-0.1, -0.05) is 0 Å². The summed E-state index contributed by atoms with van der Waals surface area (Å²) < 4.78 is 51.7. The van der Waals surface area contributed by atoms with Gasteiger partial charge in [0.2, 0.25) is 11.8 Å². The van der Waals surface area contributed by atoms with E-state index in [1.165, 1.54) is 11.0 Å². The summed E-state index contributed by atoms with van der Waals surface area (Å²) in [6.07, 6.45) is -5.79. The molecule has 3 aliphatic rings. The number of fused-ring (bicyclic) bond motifs is 5. The summed E-state index contributed by atoms with van der Waals surface area (Å²) in [6.45, 7) is 6.59. The molecule has 4 rings (SSSR count). The molecular formula is C22H22F3N3O5. The van der Waals surface area contributed by atoms with Crippen molar-refractivity contribution in [2.45, 2.75) is 51.2 Å². The van der Waals surface area contributed by atoms with Crippen LogP contribution in [-0.4, -0.2) is 53.2 Å². The second-order valence-electron chi connectivity index (χ2n) is 9.32. The number of nitrogens with zero attached hydrogens (tertiary/aromatic N) is 3. The predicted molar refractivity (Wildman–Crippen MR) is 107 cm³/mol. The lowest BCUT2D eigenvalue weighted by atomic mass is 9.79. The summed E-state index contributed by atoms with van der Waals surface area (Å²) >= 11 is 0. The zero-order valence-corrected chi connectivity index (χ0v) is 18.4. The lowest BCUT2D eigenvalue weighted by Crippen LogP contribution is -2.59. The van der Waals surface area contributed by atoms with Crippen LogP contribution in [0.1, 0.15) is 38.8 Å². The molecule has 0 radical (unpaired) electrons. The van der Waals surface area contributed by atoms with Crippen LogP contribution < -0.4 is 4.90 Å². The quantitative estimate of drug-likeness (QED) is 0.623. The van der Waals surface area contributed by atoms with E-state index in [0.29, 0.717) is 6.07 Å². The number of carbonyl (C=O) groups is 3. The van der Waals surface area contributed by atoms with Crippen molar-refractivity contribution in [2.24, 2.45) is 11.8 Å². The number of benzene rings is 1. The summed E-state index contributed by atoms with van der Waals surface area (Å²) in [5.74, 6) is -3.38. The third-order valence-corrected chi connectivity index (χ3v) is 6.38. The number of hydrogen-bond donors (Lipinski definition) is 0. The average molecular weight is 465 g/mol. The molecule has 0 spiro atoms. The van der Waals surface area contributed by atoms with Gasteiger partial charge in [-0.05, 0) is 45.9 Å². The van der Waals surface area contributed by atoms with Crippen molar-refractivity contribution in [1.29, 1.82) is 5.26 Å². The van der Waals surface area contributed by atoms with E-state index in [4.69, 9.17) is 14.7 Å². The van der Waals surface area contributed by atoms with Crippen LogP contribution in [0.4, 0.5) is 23.7 Å². The van der Waals surface area contributed by atoms with Crippen molar-refractivity contribution in [2.75, 3.05) is 18.0 Å². The number of amides is 3. The molecule has 2 bridgehead atoms. The third kappa shape index (κ3) is 3.44. The molecule has 8 nitrogen and oxygen atoms in total. The molecule has 1 aromatic rings. The van der Waals surface area contributed by atoms with Gasteiger partial charge in [0, 0.05) is 0 Å². The second kappa shape index (κ2) is 7.18. The van der Waals surface area contributed by atoms with Gasteiger partial charge in [0.15, 0.2) is 0 Å². The number of imide groups is 1. The van der Waals surface area contributed by atoms with Crippen molar-refractivity contribution in [3.63, 3.8) is 0 Å². The normalized spacial score (nSPS) is 31.1. The van der Waals surface area contributed by atoms with Gasteiger partial charge >= 0.3 is 12.3 Å². The van der Waals surface area contributed by atoms with E-state index in [1.807, 2.05) is 0 Å². The van der Waals surface area contributed by atoms with E-state index in [1.54, 1.807) is 27.7 Å². The molecular weight excluding hydrogens is 443 g/mol. The lowest BCUT2D eigenvalue weighted by Gasteiger charge is -2.44. The summed E-state index contributed by atoms with van der Waals surface area (Å²) in [5.41, 5.74) is -4.55. The van der Waals surface area contributed by atoms with E-state index >= 15 is 0 Å². The van der Waals surface area contributed by atoms with Crippen LogP contribution in [0.2, 0.25) is 0 Å². The Labute approximate surface area is 187 Å². The monoisotopic (exact) mass is 465 g/mol. The first-order chi connectivity index (χ1) is 15.2. The molecule has 1 aromatic carbocycles. The molecule has 3 saturated heterocycles. The maximum atomic E-state index is 13.4. The predicted octanol–water partition coefficient (Wildman–Crippen LogP) is 3.09. The molecule has 0 saturated carbocycles. The standard InChI is InChI=1S/C22H22F3N3O5/c1-11(2)32-19(31)27-9-20(3)15-16(21(4,10-27)33-20)18(30)28(17(15)29)13-6-5-12(8-26)14(7-13)22(23,24)25/h5-7,11,15-16H,9-10H2,1-4H3/t15-,16+,20-,21+. The first kappa shape index (κ1) is 23.0. The Kier molecular flexibility index (Phi) is 5.02. The van der Waals surface area contributed by atoms with E-state index in [9.17, 15) is 27.6 Å². The highest BCUT2D eigenvalue weighted by Gasteiger charge is 2.72. The summed E-state index contributed by atoms with van der Waals surface area (Å²) in [4.78, 5) is 41.5. The first-order valence-electron chi connectivity index (χ1n) is 10.4. The molecule has 11 heteroatoms. The number of carbonyl (C=O) groups excluding carboxylic acids is 3. The van der Waals surface area contributed by atoms with Gasteiger partial charge in [0.25, 0.3) is 0 Å². The minimum absolute atomic E-state index is 0.0106. The molecule has 3 heterocycles. The van der Waals surface area contributed by atoms with Gasteiger partial charge < -0.3 is 14.4 Å². The molecule has 4 atom stereocenters. The van der Waals surface area contributed by atoms with Crippen molar-refractivity contribution in [1.82, 2.24) is 4.90 Å². The first-order valence-corrected chi connectivity index (χ1v) is 10.4. The van der Waals surface area contributed by atoms with Gasteiger partial charge in [-0.15, -0.1) is 0 Å². The van der Waals surface area contributed by atoms with Crippen LogP contribution in [0.15, 0.2) is 18.2 Å². The lowest BCUT2D eigenvalue weighted by molar-refractivity contribution is -0.165. The molecule has 0 aromatic heterocycles. The highest BCUT2D eigenvalue weighted by Crippen LogP contribution is 2.55. The number of hydrogen-bond acceptors (Lipinski definition) is 6. The number of anilines is 1. The van der Waals surface area contributed by atoms with Gasteiger partial charge in [-0.2, -0.15) is 18.4 Å². The molecule has 0 aliphatic carbocycles. The average Bonchev–Trinajstić information content (AvgIpc) is 3.06. The summed E-state index contributed by atoms with van der Waals surface area (Å²) in [7, 11) is 0. The molecule has 3 amide bonds. The molecule has 0 unspecified atom stereocenters. The number of morpholine rings is 1. The molecule has 0 N–H and O–H groups in total. The highest BCUT2D eigenvalue weighted by atomic mass is 19.4. The van der Waals surface area contributed by atoms with E-state index in [2.05, 4.69) is 0 Å². The highest BCUT2D eigenvalue weighted by molar-refractivity contribution is 6.23. The summed E-state index contributed by atoms with van der Waals surface area (Å²) in [5, 5.41) is 9.02.